The van der Waals surface area contributed by atoms with Crippen LogP contribution < -0.4 is 5.32 Å². The Hall–Kier alpha value is -0.500. The van der Waals surface area contributed by atoms with Crippen molar-refractivity contribution in [2.24, 2.45) is 0 Å². The Kier molecular flexibility index (Phi) is 6.55. The van der Waals surface area contributed by atoms with Crippen molar-refractivity contribution in [2.75, 3.05) is 12.4 Å². The highest BCUT2D eigenvalue weighted by atomic mass is 35.5. The van der Waals surface area contributed by atoms with Crippen LogP contribution in [-0.2, 0) is 6.42 Å². The second kappa shape index (κ2) is 7.72. The third-order valence-electron chi connectivity index (χ3n) is 2.30. The van der Waals surface area contributed by atoms with Crippen molar-refractivity contribution in [1.29, 1.82) is 0 Å². The summed E-state index contributed by atoms with van der Waals surface area (Å²) in [7, 11) is 0. The Morgan fingerprint density at radius 1 is 1.25 bits per heavy atom. The van der Waals surface area contributed by atoms with E-state index in [1.54, 1.807) is 0 Å². The van der Waals surface area contributed by atoms with Gasteiger partial charge in [0.1, 0.15) is 0 Å². The van der Waals surface area contributed by atoms with Crippen LogP contribution in [0, 0.1) is 0 Å². The molecule has 0 saturated carbocycles. The van der Waals surface area contributed by atoms with Crippen molar-refractivity contribution in [2.45, 2.75) is 19.4 Å². The third kappa shape index (κ3) is 5.55. The molecule has 0 aliphatic heterocycles. The van der Waals surface area contributed by atoms with Crippen LogP contribution in [-0.4, -0.2) is 18.5 Å². The van der Waals surface area contributed by atoms with Gasteiger partial charge in [-0.3, -0.25) is 0 Å². The first-order valence-electron chi connectivity index (χ1n) is 5.41. The van der Waals surface area contributed by atoms with Gasteiger partial charge in [-0.05, 0) is 31.0 Å². The minimum Gasteiger partial charge on any atom is -0.310 e. The van der Waals surface area contributed by atoms with Crippen molar-refractivity contribution in [3.63, 3.8) is 0 Å². The van der Waals surface area contributed by atoms with Crippen LogP contribution in [0.15, 0.2) is 36.4 Å². The topological polar surface area (TPSA) is 12.0 Å². The number of rotatable bonds is 6. The SMILES string of the molecule is CC(Cc1ccc(Cl)cc1)NC/C=C\CCl. The van der Waals surface area contributed by atoms with Crippen molar-refractivity contribution < 1.29 is 0 Å². The predicted octanol–water partition coefficient (Wildman–Crippen LogP) is 3.66. The molecular weight excluding hydrogens is 241 g/mol. The molecule has 1 N–H and O–H groups in total. The molecule has 0 heterocycles. The average molecular weight is 258 g/mol. The molecule has 0 aliphatic carbocycles. The molecule has 0 fully saturated rings. The maximum absolute atomic E-state index is 5.83. The van der Waals surface area contributed by atoms with Crippen molar-refractivity contribution in [3.8, 4) is 0 Å². The van der Waals surface area contributed by atoms with E-state index in [9.17, 15) is 0 Å². The zero-order chi connectivity index (χ0) is 11.8. The summed E-state index contributed by atoms with van der Waals surface area (Å²) in [6.45, 7) is 3.03. The van der Waals surface area contributed by atoms with Gasteiger partial charge in [0.15, 0.2) is 0 Å². The molecule has 88 valence electrons. The highest BCUT2D eigenvalue weighted by molar-refractivity contribution is 6.30. The second-order valence-electron chi connectivity index (χ2n) is 3.77. The van der Waals surface area contributed by atoms with E-state index in [2.05, 4.69) is 24.4 Å². The van der Waals surface area contributed by atoms with Gasteiger partial charge in [-0.2, -0.15) is 0 Å². The van der Waals surface area contributed by atoms with Crippen LogP contribution >= 0.6 is 23.2 Å². The molecule has 1 rings (SSSR count). The minimum absolute atomic E-state index is 0.446. The van der Waals surface area contributed by atoms with Gasteiger partial charge in [-0.15, -0.1) is 11.6 Å². The Balaban J connectivity index is 2.31. The summed E-state index contributed by atoms with van der Waals surface area (Å²) in [5, 5.41) is 4.19. The first-order chi connectivity index (χ1) is 7.72. The Labute approximate surface area is 107 Å². The van der Waals surface area contributed by atoms with E-state index in [0.29, 0.717) is 11.9 Å². The Bertz CT molecular complexity index is 319. The first kappa shape index (κ1) is 13.6. The zero-order valence-corrected chi connectivity index (χ0v) is 10.9. The van der Waals surface area contributed by atoms with Gasteiger partial charge in [0, 0.05) is 23.5 Å². The van der Waals surface area contributed by atoms with E-state index in [4.69, 9.17) is 23.2 Å². The largest absolute Gasteiger partial charge is 0.310 e. The lowest BCUT2D eigenvalue weighted by Gasteiger charge is -2.12. The number of halogens is 2. The van der Waals surface area contributed by atoms with Crippen molar-refractivity contribution in [3.05, 3.63) is 47.0 Å². The molecule has 1 unspecified atom stereocenters. The fraction of sp³-hybridized carbons (Fsp3) is 0.385. The molecule has 0 aliphatic rings. The number of hydrogen-bond donors (Lipinski definition) is 1. The molecule has 3 heteroatoms. The second-order valence-corrected chi connectivity index (χ2v) is 4.51. The molecule has 1 atom stereocenters. The first-order valence-corrected chi connectivity index (χ1v) is 6.32. The summed E-state index contributed by atoms with van der Waals surface area (Å²) in [6, 6.07) is 8.43. The Morgan fingerprint density at radius 3 is 2.56 bits per heavy atom. The van der Waals surface area contributed by atoms with Gasteiger partial charge in [-0.1, -0.05) is 35.9 Å². The highest BCUT2D eigenvalue weighted by Gasteiger charge is 2.01. The van der Waals surface area contributed by atoms with Crippen LogP contribution in [0.3, 0.4) is 0 Å². The van der Waals surface area contributed by atoms with Crippen LogP contribution in [0.25, 0.3) is 0 Å². The van der Waals surface area contributed by atoms with Gasteiger partial charge in [0.05, 0.1) is 0 Å². The number of benzene rings is 1. The van der Waals surface area contributed by atoms with Crippen LogP contribution in [0.1, 0.15) is 12.5 Å². The lowest BCUT2D eigenvalue weighted by molar-refractivity contribution is 0.580. The minimum atomic E-state index is 0.446. The molecule has 0 radical (unpaired) electrons. The maximum atomic E-state index is 5.83. The Morgan fingerprint density at radius 2 is 1.94 bits per heavy atom. The summed E-state index contributed by atoms with van der Waals surface area (Å²) in [4.78, 5) is 0. The molecule has 1 aromatic rings. The molecule has 0 amide bonds. The zero-order valence-electron chi connectivity index (χ0n) is 9.42. The van der Waals surface area contributed by atoms with E-state index >= 15 is 0 Å². The van der Waals surface area contributed by atoms with Gasteiger partial charge >= 0.3 is 0 Å². The normalized spacial score (nSPS) is 13.2. The van der Waals surface area contributed by atoms with Gasteiger partial charge in [0.2, 0.25) is 0 Å². The number of nitrogens with one attached hydrogen (secondary N) is 1. The molecule has 0 aromatic heterocycles. The van der Waals surface area contributed by atoms with E-state index in [0.717, 1.165) is 18.0 Å². The van der Waals surface area contributed by atoms with E-state index in [1.165, 1.54) is 5.56 Å². The average Bonchev–Trinajstić information content (AvgIpc) is 2.28. The fourth-order valence-corrected chi connectivity index (χ4v) is 1.71. The fourth-order valence-electron chi connectivity index (χ4n) is 1.46. The smallest absolute Gasteiger partial charge is 0.0406 e. The van der Waals surface area contributed by atoms with Gasteiger partial charge in [0.25, 0.3) is 0 Å². The summed E-state index contributed by atoms with van der Waals surface area (Å²) in [6.07, 6.45) is 5.00. The molecule has 0 spiro atoms. The quantitative estimate of drug-likeness (QED) is 0.606. The van der Waals surface area contributed by atoms with E-state index in [-0.39, 0.29) is 0 Å². The lowest BCUT2D eigenvalue weighted by atomic mass is 10.1. The summed E-state index contributed by atoms with van der Waals surface area (Å²) in [5.41, 5.74) is 1.30. The number of alkyl halides is 1. The third-order valence-corrected chi connectivity index (χ3v) is 2.73. The number of hydrogen-bond acceptors (Lipinski definition) is 1. The highest BCUT2D eigenvalue weighted by Crippen LogP contribution is 2.10. The maximum Gasteiger partial charge on any atom is 0.0406 e. The molecule has 16 heavy (non-hydrogen) atoms. The summed E-state index contributed by atoms with van der Waals surface area (Å²) in [5.74, 6) is 0.577. The summed E-state index contributed by atoms with van der Waals surface area (Å²) >= 11 is 11.4. The summed E-state index contributed by atoms with van der Waals surface area (Å²) < 4.78 is 0. The molecule has 1 nitrogen and oxygen atoms in total. The van der Waals surface area contributed by atoms with E-state index < -0.39 is 0 Å². The molecule has 0 bridgehead atoms. The molecular formula is C13H17Cl2N. The van der Waals surface area contributed by atoms with Crippen molar-refractivity contribution >= 4 is 23.2 Å². The molecule has 1 aromatic carbocycles. The van der Waals surface area contributed by atoms with E-state index in [1.807, 2.05) is 24.3 Å². The van der Waals surface area contributed by atoms with Crippen LogP contribution in [0.4, 0.5) is 0 Å². The van der Waals surface area contributed by atoms with Crippen LogP contribution in [0.5, 0.6) is 0 Å². The van der Waals surface area contributed by atoms with Gasteiger partial charge < -0.3 is 5.32 Å². The van der Waals surface area contributed by atoms with Crippen molar-refractivity contribution in [1.82, 2.24) is 5.32 Å². The monoisotopic (exact) mass is 257 g/mol. The predicted molar refractivity (Wildman–Crippen MR) is 72.5 cm³/mol. The van der Waals surface area contributed by atoms with Crippen LogP contribution in [0.2, 0.25) is 5.02 Å². The lowest BCUT2D eigenvalue weighted by Crippen LogP contribution is -2.28. The molecule has 0 saturated heterocycles. The number of allylic oxidation sites excluding steroid dienone is 1. The van der Waals surface area contributed by atoms with Gasteiger partial charge in [-0.25, -0.2) is 0 Å². The standard InChI is InChI=1S/C13H17Cl2N/c1-11(16-9-3-2-8-14)10-12-4-6-13(15)7-5-12/h2-7,11,16H,8-10H2,1H3/b3-2-.